The van der Waals surface area contributed by atoms with Gasteiger partial charge in [0.05, 0.1) is 6.10 Å². The van der Waals surface area contributed by atoms with Crippen molar-refractivity contribution < 1.29 is 9.84 Å². The molecule has 0 aliphatic rings. The number of nitrogens with one attached hydrogen (secondary N) is 1. The fraction of sp³-hybridized carbons (Fsp3) is 1.00. The molecular weight excluding hydrogens is 166 g/mol. The van der Waals surface area contributed by atoms with E-state index >= 15 is 0 Å². The zero-order chi connectivity index (χ0) is 10.1. The van der Waals surface area contributed by atoms with Gasteiger partial charge < -0.3 is 15.2 Å². The highest BCUT2D eigenvalue weighted by Crippen LogP contribution is 1.97. The van der Waals surface area contributed by atoms with Gasteiger partial charge in [0.2, 0.25) is 0 Å². The fourth-order valence-corrected chi connectivity index (χ4v) is 1.31. The summed E-state index contributed by atoms with van der Waals surface area (Å²) >= 11 is 0. The molecule has 0 aromatic heterocycles. The molecule has 0 amide bonds. The molecule has 3 nitrogen and oxygen atoms in total. The lowest BCUT2D eigenvalue weighted by molar-refractivity contribution is 0.169. The summed E-state index contributed by atoms with van der Waals surface area (Å²) in [5.74, 6) is 0. The van der Waals surface area contributed by atoms with E-state index in [0.29, 0.717) is 6.04 Å². The van der Waals surface area contributed by atoms with Gasteiger partial charge in [-0.1, -0.05) is 0 Å². The van der Waals surface area contributed by atoms with Crippen LogP contribution in [0.15, 0.2) is 0 Å². The van der Waals surface area contributed by atoms with Crippen LogP contribution in [0.1, 0.15) is 33.1 Å². The zero-order valence-corrected chi connectivity index (χ0v) is 9.05. The van der Waals surface area contributed by atoms with Gasteiger partial charge in [0, 0.05) is 19.8 Å². The third-order valence-electron chi connectivity index (χ3n) is 1.96. The lowest BCUT2D eigenvalue weighted by atomic mass is 10.1. The van der Waals surface area contributed by atoms with Crippen molar-refractivity contribution >= 4 is 0 Å². The van der Waals surface area contributed by atoms with Crippen LogP contribution in [0.3, 0.4) is 0 Å². The van der Waals surface area contributed by atoms with Crippen LogP contribution in [0.25, 0.3) is 0 Å². The maximum atomic E-state index is 9.10. The molecule has 2 N–H and O–H groups in total. The first-order valence-corrected chi connectivity index (χ1v) is 5.07. The summed E-state index contributed by atoms with van der Waals surface area (Å²) in [4.78, 5) is 0. The van der Waals surface area contributed by atoms with E-state index in [1.807, 2.05) is 6.92 Å². The van der Waals surface area contributed by atoms with Gasteiger partial charge in [-0.25, -0.2) is 0 Å². The van der Waals surface area contributed by atoms with E-state index in [9.17, 15) is 0 Å². The molecule has 0 heterocycles. The van der Waals surface area contributed by atoms with Crippen molar-refractivity contribution in [2.45, 2.75) is 45.3 Å². The Morgan fingerprint density at radius 3 is 2.54 bits per heavy atom. The minimum Gasteiger partial charge on any atom is -0.393 e. The molecule has 13 heavy (non-hydrogen) atoms. The van der Waals surface area contributed by atoms with Crippen LogP contribution < -0.4 is 5.32 Å². The SMILES string of the molecule is COCCCCNC(C)CC(C)O. The van der Waals surface area contributed by atoms with Crippen molar-refractivity contribution in [3.05, 3.63) is 0 Å². The van der Waals surface area contributed by atoms with Crippen LogP contribution in [0.2, 0.25) is 0 Å². The predicted octanol–water partition coefficient (Wildman–Crippen LogP) is 1.16. The van der Waals surface area contributed by atoms with Crippen molar-refractivity contribution in [2.75, 3.05) is 20.3 Å². The van der Waals surface area contributed by atoms with Crippen LogP contribution in [0.4, 0.5) is 0 Å². The average molecular weight is 189 g/mol. The lowest BCUT2D eigenvalue weighted by Crippen LogP contribution is -2.30. The molecule has 0 fully saturated rings. The maximum Gasteiger partial charge on any atom is 0.0526 e. The van der Waals surface area contributed by atoms with Crippen molar-refractivity contribution in [2.24, 2.45) is 0 Å². The molecule has 0 saturated heterocycles. The van der Waals surface area contributed by atoms with Gasteiger partial charge in [-0.3, -0.25) is 0 Å². The normalized spacial score (nSPS) is 15.7. The van der Waals surface area contributed by atoms with Crippen LogP contribution >= 0.6 is 0 Å². The first kappa shape index (κ1) is 12.9. The third kappa shape index (κ3) is 9.80. The quantitative estimate of drug-likeness (QED) is 0.563. The Labute approximate surface area is 81.5 Å². The Morgan fingerprint density at radius 1 is 1.31 bits per heavy atom. The van der Waals surface area contributed by atoms with E-state index in [1.165, 1.54) is 0 Å². The average Bonchev–Trinajstić information content (AvgIpc) is 2.02. The van der Waals surface area contributed by atoms with Gasteiger partial charge >= 0.3 is 0 Å². The minimum absolute atomic E-state index is 0.207. The molecule has 80 valence electrons. The zero-order valence-electron chi connectivity index (χ0n) is 9.05. The molecule has 0 aromatic rings. The van der Waals surface area contributed by atoms with Crippen LogP contribution in [0.5, 0.6) is 0 Å². The largest absolute Gasteiger partial charge is 0.393 e. The molecule has 0 rings (SSSR count). The Balaban J connectivity index is 3.12. The second kappa shape index (κ2) is 8.48. The first-order valence-electron chi connectivity index (χ1n) is 5.07. The summed E-state index contributed by atoms with van der Waals surface area (Å²) in [5.41, 5.74) is 0. The minimum atomic E-state index is -0.207. The summed E-state index contributed by atoms with van der Waals surface area (Å²) < 4.78 is 4.95. The number of aliphatic hydroxyl groups excluding tert-OH is 1. The fourth-order valence-electron chi connectivity index (χ4n) is 1.31. The Hall–Kier alpha value is -0.120. The van der Waals surface area contributed by atoms with Crippen LogP contribution in [0, 0.1) is 0 Å². The second-order valence-electron chi connectivity index (χ2n) is 3.64. The van der Waals surface area contributed by atoms with E-state index in [4.69, 9.17) is 9.84 Å². The van der Waals surface area contributed by atoms with Crippen LogP contribution in [-0.2, 0) is 4.74 Å². The van der Waals surface area contributed by atoms with Crippen LogP contribution in [-0.4, -0.2) is 37.5 Å². The lowest BCUT2D eigenvalue weighted by Gasteiger charge is -2.14. The molecule has 0 spiro atoms. The van der Waals surface area contributed by atoms with Gasteiger partial charge in [-0.15, -0.1) is 0 Å². The van der Waals surface area contributed by atoms with Gasteiger partial charge in [0.15, 0.2) is 0 Å². The van der Waals surface area contributed by atoms with Gasteiger partial charge in [0.1, 0.15) is 0 Å². The maximum absolute atomic E-state index is 9.10. The molecule has 3 heteroatoms. The molecule has 0 aliphatic carbocycles. The number of aliphatic hydroxyl groups is 1. The summed E-state index contributed by atoms with van der Waals surface area (Å²) in [6.07, 6.45) is 2.86. The van der Waals surface area contributed by atoms with Gasteiger partial charge in [0.25, 0.3) is 0 Å². The molecule has 2 unspecified atom stereocenters. The highest BCUT2D eigenvalue weighted by molar-refractivity contribution is 4.63. The van der Waals surface area contributed by atoms with Crippen molar-refractivity contribution in [3.8, 4) is 0 Å². The van der Waals surface area contributed by atoms with Crippen molar-refractivity contribution in [1.29, 1.82) is 0 Å². The van der Waals surface area contributed by atoms with Crippen molar-refractivity contribution in [3.63, 3.8) is 0 Å². The third-order valence-corrected chi connectivity index (χ3v) is 1.96. The number of methoxy groups -OCH3 is 1. The number of hydrogen-bond donors (Lipinski definition) is 2. The molecule has 0 radical (unpaired) electrons. The van der Waals surface area contributed by atoms with Crippen molar-refractivity contribution in [1.82, 2.24) is 5.32 Å². The monoisotopic (exact) mass is 189 g/mol. The van der Waals surface area contributed by atoms with E-state index in [-0.39, 0.29) is 6.10 Å². The van der Waals surface area contributed by atoms with E-state index in [2.05, 4.69) is 12.2 Å². The molecule has 2 atom stereocenters. The number of rotatable bonds is 8. The Morgan fingerprint density at radius 2 is 2.00 bits per heavy atom. The number of ether oxygens (including phenoxy) is 1. The number of unbranched alkanes of at least 4 members (excludes halogenated alkanes) is 1. The highest BCUT2D eigenvalue weighted by Gasteiger charge is 2.03. The smallest absolute Gasteiger partial charge is 0.0526 e. The summed E-state index contributed by atoms with van der Waals surface area (Å²) in [6.45, 7) is 5.77. The summed E-state index contributed by atoms with van der Waals surface area (Å²) in [7, 11) is 1.73. The Kier molecular flexibility index (Phi) is 8.40. The molecule has 0 aliphatic heterocycles. The number of hydrogen-bond acceptors (Lipinski definition) is 3. The predicted molar refractivity (Wildman–Crippen MR) is 54.9 cm³/mol. The van der Waals surface area contributed by atoms with E-state index in [1.54, 1.807) is 7.11 Å². The summed E-state index contributed by atoms with van der Waals surface area (Å²) in [5, 5.41) is 12.5. The topological polar surface area (TPSA) is 41.5 Å². The van der Waals surface area contributed by atoms with Gasteiger partial charge in [-0.2, -0.15) is 0 Å². The Bertz CT molecular complexity index is 107. The highest BCUT2D eigenvalue weighted by atomic mass is 16.5. The van der Waals surface area contributed by atoms with E-state index in [0.717, 1.165) is 32.4 Å². The molecule has 0 aromatic carbocycles. The van der Waals surface area contributed by atoms with Gasteiger partial charge in [-0.05, 0) is 39.7 Å². The summed E-state index contributed by atoms with van der Waals surface area (Å²) in [6, 6.07) is 0.405. The molecule has 0 saturated carbocycles. The first-order chi connectivity index (χ1) is 6.16. The molecular formula is C10H23NO2. The second-order valence-corrected chi connectivity index (χ2v) is 3.64. The van der Waals surface area contributed by atoms with E-state index < -0.39 is 0 Å². The molecule has 0 bridgehead atoms. The standard InChI is InChI=1S/C10H23NO2/c1-9(8-10(2)12)11-6-4-5-7-13-3/h9-12H,4-8H2,1-3H3.